The van der Waals surface area contributed by atoms with Crippen LogP contribution < -0.4 is 10.1 Å². The van der Waals surface area contributed by atoms with Crippen LogP contribution in [0.4, 0.5) is 4.39 Å². The van der Waals surface area contributed by atoms with Gasteiger partial charge in [-0.15, -0.1) is 12.4 Å². The van der Waals surface area contributed by atoms with Crippen molar-refractivity contribution >= 4 is 12.4 Å². The van der Waals surface area contributed by atoms with Crippen LogP contribution in [-0.4, -0.2) is 38.2 Å². The quantitative estimate of drug-likeness (QED) is 0.770. The maximum atomic E-state index is 14.4. The molecule has 0 spiro atoms. The minimum Gasteiger partial charge on any atom is -0.496 e. The number of nitrogens with one attached hydrogen (secondary N) is 1. The number of nitrogens with zero attached hydrogens (tertiary/aromatic N) is 1. The van der Waals surface area contributed by atoms with Gasteiger partial charge >= 0.3 is 0 Å². The van der Waals surface area contributed by atoms with Gasteiger partial charge in [-0.2, -0.15) is 0 Å². The molecule has 0 aliphatic carbocycles. The maximum absolute atomic E-state index is 14.4. The molecule has 0 saturated carbocycles. The summed E-state index contributed by atoms with van der Waals surface area (Å²) in [6.45, 7) is 6.08. The Hall–Kier alpha value is -0.840. The lowest BCUT2D eigenvalue weighted by atomic mass is 9.96. The fraction of sp³-hybridized carbons (Fsp3) is 0.647. The molecule has 126 valence electrons. The van der Waals surface area contributed by atoms with E-state index in [9.17, 15) is 4.39 Å². The molecular formula is C17H28ClFN2O. The van der Waals surface area contributed by atoms with Gasteiger partial charge in [-0.3, -0.25) is 4.90 Å². The zero-order valence-electron chi connectivity index (χ0n) is 13.6. The lowest BCUT2D eigenvalue weighted by Crippen LogP contribution is -2.45. The molecule has 1 N–H and O–H groups in total. The molecule has 1 aromatic rings. The van der Waals surface area contributed by atoms with Crippen LogP contribution in [0.1, 0.15) is 44.2 Å². The molecular weight excluding hydrogens is 303 g/mol. The second-order valence-corrected chi connectivity index (χ2v) is 5.65. The van der Waals surface area contributed by atoms with E-state index in [0.717, 1.165) is 44.6 Å². The molecule has 0 aromatic heterocycles. The molecule has 0 bridgehead atoms. The van der Waals surface area contributed by atoms with Crippen LogP contribution in [0.25, 0.3) is 0 Å². The Morgan fingerprint density at radius 2 is 2.00 bits per heavy atom. The third kappa shape index (κ3) is 4.83. The summed E-state index contributed by atoms with van der Waals surface area (Å²) in [5.41, 5.74) is 0.734. The van der Waals surface area contributed by atoms with Gasteiger partial charge in [0.1, 0.15) is 11.6 Å². The minimum absolute atomic E-state index is 0. The van der Waals surface area contributed by atoms with Crippen LogP contribution in [0.2, 0.25) is 0 Å². The Kier molecular flexibility index (Phi) is 8.76. The smallest absolute Gasteiger partial charge is 0.131 e. The van der Waals surface area contributed by atoms with E-state index >= 15 is 0 Å². The van der Waals surface area contributed by atoms with Gasteiger partial charge in [0, 0.05) is 37.8 Å². The molecule has 1 heterocycles. The summed E-state index contributed by atoms with van der Waals surface area (Å²) in [5.74, 6) is 0.532. The van der Waals surface area contributed by atoms with Crippen molar-refractivity contribution in [3.05, 3.63) is 29.6 Å². The van der Waals surface area contributed by atoms with Gasteiger partial charge in [0.05, 0.1) is 7.11 Å². The number of piperazine rings is 1. The Balaban J connectivity index is 0.00000242. The largest absolute Gasteiger partial charge is 0.496 e. The van der Waals surface area contributed by atoms with E-state index in [2.05, 4.69) is 17.1 Å². The van der Waals surface area contributed by atoms with Crippen molar-refractivity contribution in [3.8, 4) is 5.75 Å². The molecule has 22 heavy (non-hydrogen) atoms. The average molecular weight is 331 g/mol. The highest BCUT2D eigenvalue weighted by Crippen LogP contribution is 2.35. The fourth-order valence-corrected chi connectivity index (χ4v) is 3.11. The summed E-state index contributed by atoms with van der Waals surface area (Å²) in [6.07, 6.45) is 4.50. The predicted octanol–water partition coefficient (Wildman–Crippen LogP) is 3.78. The predicted molar refractivity (Wildman–Crippen MR) is 91.5 cm³/mol. The van der Waals surface area contributed by atoms with Crippen LogP contribution in [0.3, 0.4) is 0 Å². The molecule has 1 atom stereocenters. The van der Waals surface area contributed by atoms with Crippen molar-refractivity contribution in [2.75, 3.05) is 33.3 Å². The number of ether oxygens (including phenoxy) is 1. The first-order valence-corrected chi connectivity index (χ1v) is 8.05. The van der Waals surface area contributed by atoms with Crippen molar-refractivity contribution in [1.29, 1.82) is 0 Å². The van der Waals surface area contributed by atoms with Crippen molar-refractivity contribution in [2.24, 2.45) is 0 Å². The summed E-state index contributed by atoms with van der Waals surface area (Å²) in [6, 6.07) is 5.26. The summed E-state index contributed by atoms with van der Waals surface area (Å²) in [4.78, 5) is 2.40. The van der Waals surface area contributed by atoms with Crippen molar-refractivity contribution in [3.63, 3.8) is 0 Å². The number of hydrogen-bond acceptors (Lipinski definition) is 3. The second-order valence-electron chi connectivity index (χ2n) is 5.65. The van der Waals surface area contributed by atoms with Crippen molar-refractivity contribution < 1.29 is 9.13 Å². The van der Waals surface area contributed by atoms with Gasteiger partial charge in [0.25, 0.3) is 0 Å². The second kappa shape index (κ2) is 10.0. The van der Waals surface area contributed by atoms with Gasteiger partial charge in [-0.05, 0) is 18.6 Å². The first kappa shape index (κ1) is 19.2. The third-order valence-electron chi connectivity index (χ3n) is 4.24. The van der Waals surface area contributed by atoms with Crippen LogP contribution in [-0.2, 0) is 0 Å². The van der Waals surface area contributed by atoms with Gasteiger partial charge in [-0.25, -0.2) is 4.39 Å². The van der Waals surface area contributed by atoms with E-state index in [0.29, 0.717) is 5.75 Å². The SMILES string of the molecule is CCCCC[C@H](c1c(F)cccc1OC)N1CCNCC1.Cl. The lowest BCUT2D eigenvalue weighted by molar-refractivity contribution is 0.156. The van der Waals surface area contributed by atoms with E-state index in [1.807, 2.05) is 6.07 Å². The zero-order valence-corrected chi connectivity index (χ0v) is 14.4. The summed E-state index contributed by atoms with van der Waals surface area (Å²) < 4.78 is 19.9. The molecule has 0 unspecified atom stereocenters. The average Bonchev–Trinajstić information content (AvgIpc) is 2.53. The molecule has 5 heteroatoms. The molecule has 1 aromatic carbocycles. The highest BCUT2D eigenvalue weighted by Gasteiger charge is 2.27. The van der Waals surface area contributed by atoms with E-state index in [-0.39, 0.29) is 24.3 Å². The summed E-state index contributed by atoms with van der Waals surface area (Å²) in [7, 11) is 1.62. The number of halogens is 2. The van der Waals surface area contributed by atoms with Gasteiger partial charge in [0.15, 0.2) is 0 Å². The topological polar surface area (TPSA) is 24.5 Å². The number of methoxy groups -OCH3 is 1. The van der Waals surface area contributed by atoms with Gasteiger partial charge in [0.2, 0.25) is 0 Å². The highest BCUT2D eigenvalue weighted by molar-refractivity contribution is 5.85. The molecule has 1 saturated heterocycles. The first-order valence-electron chi connectivity index (χ1n) is 8.05. The minimum atomic E-state index is -0.144. The number of rotatable bonds is 7. The van der Waals surface area contributed by atoms with Crippen LogP contribution in [0.5, 0.6) is 5.75 Å². The number of benzene rings is 1. The summed E-state index contributed by atoms with van der Waals surface area (Å²) >= 11 is 0. The van der Waals surface area contributed by atoms with E-state index < -0.39 is 0 Å². The lowest BCUT2D eigenvalue weighted by Gasteiger charge is -2.36. The molecule has 1 fully saturated rings. The highest BCUT2D eigenvalue weighted by atomic mass is 35.5. The Labute approximate surface area is 139 Å². The van der Waals surface area contributed by atoms with Crippen LogP contribution in [0, 0.1) is 5.82 Å². The van der Waals surface area contributed by atoms with E-state index in [4.69, 9.17) is 4.74 Å². The van der Waals surface area contributed by atoms with Crippen molar-refractivity contribution in [1.82, 2.24) is 10.2 Å². The monoisotopic (exact) mass is 330 g/mol. The van der Waals surface area contributed by atoms with Crippen molar-refractivity contribution in [2.45, 2.75) is 38.6 Å². The molecule has 0 amide bonds. The Morgan fingerprint density at radius 1 is 1.27 bits per heavy atom. The van der Waals surface area contributed by atoms with Gasteiger partial charge < -0.3 is 10.1 Å². The van der Waals surface area contributed by atoms with E-state index in [1.54, 1.807) is 19.2 Å². The standard InChI is InChI=1S/C17H27FN2O.ClH/c1-3-4-5-8-15(20-12-10-19-11-13-20)17-14(18)7-6-9-16(17)21-2;/h6-7,9,15,19H,3-5,8,10-13H2,1-2H3;1H/t15-;/m1./s1. The summed E-state index contributed by atoms with van der Waals surface area (Å²) in [5, 5.41) is 3.36. The molecule has 1 aliphatic heterocycles. The Morgan fingerprint density at radius 3 is 2.64 bits per heavy atom. The van der Waals surface area contributed by atoms with E-state index in [1.165, 1.54) is 12.8 Å². The fourth-order valence-electron chi connectivity index (χ4n) is 3.11. The zero-order chi connectivity index (χ0) is 15.1. The first-order chi connectivity index (χ1) is 10.3. The number of hydrogen-bond donors (Lipinski definition) is 1. The van der Waals surface area contributed by atoms with Gasteiger partial charge in [-0.1, -0.05) is 32.3 Å². The molecule has 3 nitrogen and oxygen atoms in total. The third-order valence-corrected chi connectivity index (χ3v) is 4.24. The number of unbranched alkanes of at least 4 members (excludes halogenated alkanes) is 2. The molecule has 1 aliphatic rings. The molecule has 0 radical (unpaired) electrons. The van der Waals surface area contributed by atoms with Crippen LogP contribution in [0.15, 0.2) is 18.2 Å². The molecule has 2 rings (SSSR count). The van der Waals surface area contributed by atoms with Crippen LogP contribution >= 0.6 is 12.4 Å². The Bertz CT molecular complexity index is 439. The maximum Gasteiger partial charge on any atom is 0.131 e. The normalized spacial score (nSPS) is 16.9.